The van der Waals surface area contributed by atoms with E-state index in [4.69, 9.17) is 4.74 Å². The quantitative estimate of drug-likeness (QED) is 0.506. The summed E-state index contributed by atoms with van der Waals surface area (Å²) in [7, 11) is 0. The third-order valence-corrected chi connectivity index (χ3v) is 5.75. The number of carbonyl (C=O) groups is 2. The molecule has 0 saturated heterocycles. The Morgan fingerprint density at radius 1 is 1.03 bits per heavy atom. The van der Waals surface area contributed by atoms with Gasteiger partial charge < -0.3 is 15.0 Å². The molecule has 0 saturated carbocycles. The zero-order valence-corrected chi connectivity index (χ0v) is 18.4. The van der Waals surface area contributed by atoms with Crippen LogP contribution >= 0.6 is 31.9 Å². The van der Waals surface area contributed by atoms with Crippen molar-refractivity contribution in [2.24, 2.45) is 0 Å². The number of hydrogen-bond donors (Lipinski definition) is 1. The van der Waals surface area contributed by atoms with E-state index in [9.17, 15) is 9.59 Å². The molecule has 7 heteroatoms. The molecule has 2 amide bonds. The van der Waals surface area contributed by atoms with Crippen LogP contribution in [0.15, 0.2) is 75.7 Å². The van der Waals surface area contributed by atoms with E-state index >= 15 is 0 Å². The first-order valence-corrected chi connectivity index (χ1v) is 10.5. The van der Waals surface area contributed by atoms with E-state index in [-0.39, 0.29) is 18.4 Å². The molecule has 29 heavy (non-hydrogen) atoms. The van der Waals surface area contributed by atoms with Crippen LogP contribution in [0.2, 0.25) is 0 Å². The maximum Gasteiger partial charge on any atom is 0.265 e. The number of carbonyl (C=O) groups excluding carboxylic acids is 2. The van der Waals surface area contributed by atoms with Crippen molar-refractivity contribution in [3.8, 4) is 5.75 Å². The van der Waals surface area contributed by atoms with Crippen molar-refractivity contribution in [2.45, 2.75) is 6.54 Å². The van der Waals surface area contributed by atoms with Crippen molar-refractivity contribution in [1.82, 2.24) is 0 Å². The molecule has 1 aliphatic heterocycles. The molecule has 0 aromatic heterocycles. The molecular weight excluding hydrogens is 500 g/mol. The van der Waals surface area contributed by atoms with Gasteiger partial charge in [0.1, 0.15) is 5.75 Å². The number of fused-ring (bicyclic) bond motifs is 1. The van der Waals surface area contributed by atoms with Crippen LogP contribution in [-0.4, -0.2) is 18.4 Å². The topological polar surface area (TPSA) is 58.6 Å². The standard InChI is InChI=1S/C22H16Br2N2O3/c23-15-7-5-14(6-8-15)12-26-19-11-16(9-10-20(19)29-13-21(26)27)25-22(28)17-3-1-2-4-18(17)24/h1-11H,12-13H2,(H,25,28). The summed E-state index contributed by atoms with van der Waals surface area (Å²) in [6.45, 7) is 0.413. The molecule has 4 rings (SSSR count). The average Bonchev–Trinajstić information content (AvgIpc) is 2.72. The summed E-state index contributed by atoms with van der Waals surface area (Å²) in [5.41, 5.74) is 2.75. The molecule has 0 atom stereocenters. The molecule has 0 fully saturated rings. The Morgan fingerprint density at radius 2 is 1.79 bits per heavy atom. The average molecular weight is 516 g/mol. The van der Waals surface area contributed by atoms with Crippen LogP contribution in [0.5, 0.6) is 5.75 Å². The van der Waals surface area contributed by atoms with E-state index in [1.54, 1.807) is 35.2 Å². The first-order chi connectivity index (χ1) is 14.0. The first kappa shape index (κ1) is 19.7. The van der Waals surface area contributed by atoms with Crippen molar-refractivity contribution in [2.75, 3.05) is 16.8 Å². The number of benzene rings is 3. The van der Waals surface area contributed by atoms with Crippen LogP contribution in [0.3, 0.4) is 0 Å². The van der Waals surface area contributed by atoms with E-state index in [1.807, 2.05) is 36.4 Å². The number of ether oxygens (including phenoxy) is 1. The Kier molecular flexibility index (Phi) is 5.69. The molecule has 1 N–H and O–H groups in total. The van der Waals surface area contributed by atoms with Gasteiger partial charge in [-0.2, -0.15) is 0 Å². The molecule has 0 unspecified atom stereocenters. The van der Waals surface area contributed by atoms with Gasteiger partial charge >= 0.3 is 0 Å². The van der Waals surface area contributed by atoms with Crippen LogP contribution in [0.4, 0.5) is 11.4 Å². The molecule has 3 aromatic rings. The second-order valence-corrected chi connectivity index (χ2v) is 8.28. The highest BCUT2D eigenvalue weighted by Gasteiger charge is 2.26. The van der Waals surface area contributed by atoms with Gasteiger partial charge in [0.25, 0.3) is 11.8 Å². The van der Waals surface area contributed by atoms with E-state index in [0.29, 0.717) is 33.7 Å². The lowest BCUT2D eigenvalue weighted by Gasteiger charge is -2.30. The number of hydrogen-bond acceptors (Lipinski definition) is 3. The minimum atomic E-state index is -0.236. The lowest BCUT2D eigenvalue weighted by Crippen LogP contribution is -2.38. The minimum absolute atomic E-state index is 0.00774. The van der Waals surface area contributed by atoms with Crippen molar-refractivity contribution in [1.29, 1.82) is 0 Å². The predicted octanol–water partition coefficient (Wildman–Crippen LogP) is 5.39. The van der Waals surface area contributed by atoms with Crippen LogP contribution in [-0.2, 0) is 11.3 Å². The van der Waals surface area contributed by atoms with Crippen LogP contribution in [0, 0.1) is 0 Å². The van der Waals surface area contributed by atoms with Gasteiger partial charge in [-0.15, -0.1) is 0 Å². The van der Waals surface area contributed by atoms with Gasteiger partial charge in [0, 0.05) is 14.6 Å². The molecule has 0 spiro atoms. The SMILES string of the molecule is O=C(Nc1ccc2c(c1)N(Cc1ccc(Br)cc1)C(=O)CO2)c1ccccc1Br. The normalized spacial score (nSPS) is 12.9. The minimum Gasteiger partial charge on any atom is -0.482 e. The number of anilines is 2. The summed E-state index contributed by atoms with van der Waals surface area (Å²) >= 11 is 6.81. The van der Waals surface area contributed by atoms with Crippen molar-refractivity contribution in [3.05, 3.63) is 86.8 Å². The second-order valence-electron chi connectivity index (χ2n) is 6.51. The molecule has 0 aliphatic carbocycles. The van der Waals surface area contributed by atoms with Gasteiger partial charge in [-0.25, -0.2) is 0 Å². The van der Waals surface area contributed by atoms with Crippen molar-refractivity contribution in [3.63, 3.8) is 0 Å². The van der Waals surface area contributed by atoms with Crippen LogP contribution in [0.1, 0.15) is 15.9 Å². The third-order valence-electron chi connectivity index (χ3n) is 4.53. The van der Waals surface area contributed by atoms with Gasteiger partial charge in [0.15, 0.2) is 6.61 Å². The van der Waals surface area contributed by atoms with Gasteiger partial charge in [0.2, 0.25) is 0 Å². The van der Waals surface area contributed by atoms with Gasteiger partial charge in [-0.3, -0.25) is 9.59 Å². The fraction of sp³-hybridized carbons (Fsp3) is 0.0909. The summed E-state index contributed by atoms with van der Waals surface area (Å²) in [6, 6.07) is 20.3. The third kappa shape index (κ3) is 4.36. The Balaban J connectivity index is 1.61. The highest BCUT2D eigenvalue weighted by atomic mass is 79.9. The monoisotopic (exact) mass is 514 g/mol. The number of nitrogens with zero attached hydrogens (tertiary/aromatic N) is 1. The smallest absolute Gasteiger partial charge is 0.265 e. The molecule has 5 nitrogen and oxygen atoms in total. The Hall–Kier alpha value is -2.64. The van der Waals surface area contributed by atoms with Crippen molar-refractivity contribution >= 4 is 55.0 Å². The Bertz CT molecular complexity index is 1080. The van der Waals surface area contributed by atoms with Crippen LogP contribution in [0.25, 0.3) is 0 Å². The lowest BCUT2D eigenvalue weighted by molar-refractivity contribution is -0.121. The summed E-state index contributed by atoms with van der Waals surface area (Å²) in [4.78, 5) is 26.8. The fourth-order valence-electron chi connectivity index (χ4n) is 3.07. The molecule has 146 valence electrons. The van der Waals surface area contributed by atoms with E-state index < -0.39 is 0 Å². The first-order valence-electron chi connectivity index (χ1n) is 8.89. The number of amides is 2. The maximum absolute atomic E-state index is 12.6. The number of rotatable bonds is 4. The highest BCUT2D eigenvalue weighted by molar-refractivity contribution is 9.10. The summed E-state index contributed by atoms with van der Waals surface area (Å²) in [5, 5.41) is 2.89. The Labute approximate surface area is 184 Å². The molecule has 1 heterocycles. The summed E-state index contributed by atoms with van der Waals surface area (Å²) < 4.78 is 7.26. The number of nitrogens with one attached hydrogen (secondary N) is 1. The maximum atomic E-state index is 12.6. The predicted molar refractivity (Wildman–Crippen MR) is 119 cm³/mol. The van der Waals surface area contributed by atoms with Crippen LogP contribution < -0.4 is 15.0 Å². The van der Waals surface area contributed by atoms with Crippen molar-refractivity contribution < 1.29 is 14.3 Å². The second kappa shape index (κ2) is 8.39. The molecule has 0 radical (unpaired) electrons. The fourth-order valence-corrected chi connectivity index (χ4v) is 3.80. The molecular formula is C22H16Br2N2O3. The van der Waals surface area contributed by atoms with E-state index in [1.165, 1.54) is 0 Å². The van der Waals surface area contributed by atoms with E-state index in [2.05, 4.69) is 37.2 Å². The van der Waals surface area contributed by atoms with Gasteiger partial charge in [0.05, 0.1) is 17.8 Å². The zero-order valence-electron chi connectivity index (χ0n) is 15.2. The number of halogens is 2. The van der Waals surface area contributed by atoms with Gasteiger partial charge in [-0.1, -0.05) is 40.2 Å². The largest absolute Gasteiger partial charge is 0.482 e. The molecule has 3 aromatic carbocycles. The van der Waals surface area contributed by atoms with E-state index in [0.717, 1.165) is 10.0 Å². The molecule has 1 aliphatic rings. The Morgan fingerprint density at radius 3 is 2.55 bits per heavy atom. The highest BCUT2D eigenvalue weighted by Crippen LogP contribution is 2.36. The molecule has 0 bridgehead atoms. The summed E-state index contributed by atoms with van der Waals surface area (Å²) in [5.74, 6) is 0.246. The van der Waals surface area contributed by atoms with Gasteiger partial charge in [-0.05, 0) is 64.0 Å². The summed E-state index contributed by atoms with van der Waals surface area (Å²) in [6.07, 6.45) is 0. The lowest BCUT2D eigenvalue weighted by atomic mass is 10.1. The zero-order chi connectivity index (χ0) is 20.4.